The second-order valence-corrected chi connectivity index (χ2v) is 6.81. The first-order chi connectivity index (χ1) is 11.2. The molecule has 3 nitrogen and oxygen atoms in total. The molecule has 2 aromatic heterocycles. The molecule has 0 spiro atoms. The van der Waals surface area contributed by atoms with Crippen molar-refractivity contribution in [1.29, 1.82) is 0 Å². The maximum Gasteiger partial charge on any atom is 0.169 e. The van der Waals surface area contributed by atoms with Crippen LogP contribution in [-0.4, -0.2) is 5.78 Å². The quantitative estimate of drug-likeness (QED) is 0.642. The molecule has 1 aliphatic rings. The van der Waals surface area contributed by atoms with Crippen LogP contribution in [0.15, 0.2) is 47.3 Å². The highest BCUT2D eigenvalue weighted by molar-refractivity contribution is 7.17. The van der Waals surface area contributed by atoms with Crippen LogP contribution in [0.2, 0.25) is 0 Å². The standard InChI is InChI=1S/C19H16O3S/c1-12(20)18-9-15-3-2-14-8-16(4-5-17(14)19(15)23-18)22-11-13-6-7-21-10-13/h4-10H,2-3,11H2,1H3. The number of hydrogen-bond donors (Lipinski definition) is 0. The van der Waals surface area contributed by atoms with Gasteiger partial charge in [-0.05, 0) is 66.8 Å². The fraction of sp³-hybridized carbons (Fsp3) is 0.211. The highest BCUT2D eigenvalue weighted by Gasteiger charge is 2.21. The number of Topliss-reactive ketones (excluding diaryl/α,β-unsaturated/α-hetero) is 1. The predicted octanol–water partition coefficient (Wildman–Crippen LogP) is 4.89. The summed E-state index contributed by atoms with van der Waals surface area (Å²) in [6, 6.07) is 10.2. The van der Waals surface area contributed by atoms with Crippen LogP contribution in [0.3, 0.4) is 0 Å². The molecule has 0 unspecified atom stereocenters. The Bertz CT molecular complexity index is 859. The first-order valence-electron chi connectivity index (χ1n) is 7.61. The van der Waals surface area contributed by atoms with E-state index < -0.39 is 0 Å². The van der Waals surface area contributed by atoms with Crippen LogP contribution in [0.1, 0.15) is 33.3 Å². The van der Waals surface area contributed by atoms with Gasteiger partial charge in [-0.2, -0.15) is 0 Å². The lowest BCUT2D eigenvalue weighted by atomic mass is 9.91. The molecule has 0 atom stereocenters. The molecule has 0 saturated heterocycles. The van der Waals surface area contributed by atoms with Gasteiger partial charge in [0.1, 0.15) is 12.4 Å². The Kier molecular flexibility index (Phi) is 3.54. The Morgan fingerprint density at radius 2 is 2.09 bits per heavy atom. The van der Waals surface area contributed by atoms with Crippen LogP contribution >= 0.6 is 11.3 Å². The van der Waals surface area contributed by atoms with Gasteiger partial charge in [-0.3, -0.25) is 4.79 Å². The monoisotopic (exact) mass is 324 g/mol. The number of thiophene rings is 1. The predicted molar refractivity (Wildman–Crippen MR) is 90.2 cm³/mol. The van der Waals surface area contributed by atoms with Gasteiger partial charge in [0.2, 0.25) is 0 Å². The van der Waals surface area contributed by atoms with Gasteiger partial charge in [0, 0.05) is 10.4 Å². The molecule has 0 saturated carbocycles. The van der Waals surface area contributed by atoms with E-state index >= 15 is 0 Å². The molecule has 23 heavy (non-hydrogen) atoms. The summed E-state index contributed by atoms with van der Waals surface area (Å²) in [6.45, 7) is 2.14. The normalized spacial score (nSPS) is 12.6. The van der Waals surface area contributed by atoms with Crippen molar-refractivity contribution in [2.75, 3.05) is 0 Å². The van der Waals surface area contributed by atoms with Gasteiger partial charge in [0.25, 0.3) is 0 Å². The van der Waals surface area contributed by atoms with E-state index in [2.05, 4.69) is 18.2 Å². The molecular weight excluding hydrogens is 308 g/mol. The fourth-order valence-electron chi connectivity index (χ4n) is 2.91. The summed E-state index contributed by atoms with van der Waals surface area (Å²) in [5.41, 5.74) is 4.84. The SMILES string of the molecule is CC(=O)c1cc2c(s1)-c1ccc(OCc3ccoc3)cc1CC2. The molecule has 3 aromatic rings. The summed E-state index contributed by atoms with van der Waals surface area (Å²) in [4.78, 5) is 13.7. The molecule has 0 aliphatic heterocycles. The summed E-state index contributed by atoms with van der Waals surface area (Å²) in [5, 5.41) is 0. The Hall–Kier alpha value is -2.33. The summed E-state index contributed by atoms with van der Waals surface area (Å²) in [7, 11) is 0. The highest BCUT2D eigenvalue weighted by atomic mass is 32.1. The summed E-state index contributed by atoms with van der Waals surface area (Å²) in [5.74, 6) is 1.02. The van der Waals surface area contributed by atoms with Crippen molar-refractivity contribution in [2.45, 2.75) is 26.4 Å². The largest absolute Gasteiger partial charge is 0.489 e. The lowest BCUT2D eigenvalue weighted by Crippen LogP contribution is -2.02. The van der Waals surface area contributed by atoms with Crippen LogP contribution in [0.5, 0.6) is 5.75 Å². The van der Waals surface area contributed by atoms with Gasteiger partial charge in [-0.1, -0.05) is 0 Å². The Morgan fingerprint density at radius 1 is 1.22 bits per heavy atom. The minimum absolute atomic E-state index is 0.144. The van der Waals surface area contributed by atoms with E-state index in [4.69, 9.17) is 9.15 Å². The first-order valence-corrected chi connectivity index (χ1v) is 8.43. The summed E-state index contributed by atoms with van der Waals surface area (Å²) in [6.07, 6.45) is 5.31. The van der Waals surface area contributed by atoms with Crippen LogP contribution in [0.25, 0.3) is 10.4 Å². The van der Waals surface area contributed by atoms with Crippen LogP contribution in [-0.2, 0) is 19.4 Å². The molecule has 0 amide bonds. The molecule has 4 heteroatoms. The zero-order chi connectivity index (χ0) is 15.8. The third-order valence-electron chi connectivity index (χ3n) is 4.13. The van der Waals surface area contributed by atoms with Crippen molar-refractivity contribution in [3.05, 3.63) is 64.4 Å². The van der Waals surface area contributed by atoms with Gasteiger partial charge in [-0.25, -0.2) is 0 Å². The van der Waals surface area contributed by atoms with Gasteiger partial charge in [-0.15, -0.1) is 11.3 Å². The molecule has 1 aliphatic carbocycles. The molecule has 0 radical (unpaired) electrons. The number of rotatable bonds is 4. The molecular formula is C19H16O3S. The smallest absolute Gasteiger partial charge is 0.169 e. The maximum absolute atomic E-state index is 11.6. The van der Waals surface area contributed by atoms with Crippen molar-refractivity contribution in [3.8, 4) is 16.2 Å². The molecule has 0 bridgehead atoms. The first kappa shape index (κ1) is 14.3. The van der Waals surface area contributed by atoms with E-state index in [1.807, 2.05) is 12.1 Å². The van der Waals surface area contributed by atoms with Crippen LogP contribution in [0.4, 0.5) is 0 Å². The topological polar surface area (TPSA) is 39.4 Å². The van der Waals surface area contributed by atoms with E-state index in [-0.39, 0.29) is 5.78 Å². The van der Waals surface area contributed by atoms with Crippen molar-refractivity contribution in [2.24, 2.45) is 0 Å². The number of ketones is 1. The van der Waals surface area contributed by atoms with E-state index in [1.165, 1.54) is 21.6 Å². The molecule has 1 aromatic carbocycles. The second kappa shape index (κ2) is 5.70. The Balaban J connectivity index is 1.61. The third-order valence-corrected chi connectivity index (χ3v) is 5.44. The number of fused-ring (bicyclic) bond motifs is 3. The number of carbonyl (C=O) groups is 1. The van der Waals surface area contributed by atoms with Crippen molar-refractivity contribution in [1.82, 2.24) is 0 Å². The van der Waals surface area contributed by atoms with Gasteiger partial charge in [0.15, 0.2) is 5.78 Å². The Morgan fingerprint density at radius 3 is 2.87 bits per heavy atom. The number of aryl methyl sites for hydroxylation is 2. The molecule has 2 heterocycles. The van der Waals surface area contributed by atoms with Crippen LogP contribution < -0.4 is 4.74 Å². The Labute approximate surface area is 138 Å². The zero-order valence-electron chi connectivity index (χ0n) is 12.8. The number of ether oxygens (including phenoxy) is 1. The lowest BCUT2D eigenvalue weighted by Gasteiger charge is -2.17. The minimum atomic E-state index is 0.144. The second-order valence-electron chi connectivity index (χ2n) is 5.76. The number of carbonyl (C=O) groups excluding carboxylic acids is 1. The summed E-state index contributed by atoms with van der Waals surface area (Å²) < 4.78 is 10.9. The maximum atomic E-state index is 11.6. The van der Waals surface area contributed by atoms with E-state index in [0.717, 1.165) is 29.0 Å². The van der Waals surface area contributed by atoms with Gasteiger partial charge in [0.05, 0.1) is 17.4 Å². The number of benzene rings is 1. The molecule has 116 valence electrons. The van der Waals surface area contributed by atoms with Gasteiger partial charge >= 0.3 is 0 Å². The number of hydrogen-bond acceptors (Lipinski definition) is 4. The molecule has 0 N–H and O–H groups in total. The van der Waals surface area contributed by atoms with E-state index in [9.17, 15) is 4.79 Å². The highest BCUT2D eigenvalue weighted by Crippen LogP contribution is 2.41. The minimum Gasteiger partial charge on any atom is -0.489 e. The van der Waals surface area contributed by atoms with E-state index in [1.54, 1.807) is 30.8 Å². The zero-order valence-corrected chi connectivity index (χ0v) is 13.6. The average Bonchev–Trinajstić information content (AvgIpc) is 3.21. The van der Waals surface area contributed by atoms with Crippen LogP contribution in [0, 0.1) is 0 Å². The average molecular weight is 324 g/mol. The van der Waals surface area contributed by atoms with Crippen molar-refractivity contribution >= 4 is 17.1 Å². The number of furan rings is 1. The fourth-order valence-corrected chi connectivity index (χ4v) is 4.08. The lowest BCUT2D eigenvalue weighted by molar-refractivity contribution is 0.102. The van der Waals surface area contributed by atoms with Crippen molar-refractivity contribution < 1.29 is 13.9 Å². The summed E-state index contributed by atoms with van der Waals surface area (Å²) >= 11 is 1.60. The molecule has 0 fully saturated rings. The molecule has 4 rings (SSSR count). The third kappa shape index (κ3) is 2.70. The van der Waals surface area contributed by atoms with Gasteiger partial charge < -0.3 is 9.15 Å². The van der Waals surface area contributed by atoms with Crippen molar-refractivity contribution in [3.63, 3.8) is 0 Å². The van der Waals surface area contributed by atoms with E-state index in [0.29, 0.717) is 6.61 Å².